The third-order valence-corrected chi connectivity index (χ3v) is 3.67. The molecule has 2 rings (SSSR count). The van der Waals surface area contributed by atoms with Gasteiger partial charge in [-0.15, -0.1) is 0 Å². The van der Waals surface area contributed by atoms with Gasteiger partial charge in [-0.05, 0) is 50.3 Å². The molecule has 0 heterocycles. The van der Waals surface area contributed by atoms with Crippen LogP contribution in [0.15, 0.2) is 18.2 Å². The normalized spacial score (nSPS) is 15.8. The highest BCUT2D eigenvalue weighted by Gasteiger charge is 2.32. The number of ether oxygens (including phenoxy) is 1. The Balaban J connectivity index is 2.11. The average molecular weight is 298 g/mol. The van der Waals surface area contributed by atoms with E-state index < -0.39 is 0 Å². The SMILES string of the molecule is CCOc1cc(Cl)ccc1C(=O)NC(CCO)C1CC1. The largest absolute Gasteiger partial charge is 0.493 e. The van der Waals surface area contributed by atoms with Crippen molar-refractivity contribution in [3.05, 3.63) is 28.8 Å². The lowest BCUT2D eigenvalue weighted by Crippen LogP contribution is -2.37. The van der Waals surface area contributed by atoms with E-state index >= 15 is 0 Å². The summed E-state index contributed by atoms with van der Waals surface area (Å²) in [6.45, 7) is 2.42. The third kappa shape index (κ3) is 3.87. The number of nitrogens with one attached hydrogen (secondary N) is 1. The second-order valence-corrected chi connectivity index (χ2v) is 5.44. The van der Waals surface area contributed by atoms with Gasteiger partial charge in [-0.25, -0.2) is 0 Å². The van der Waals surface area contributed by atoms with E-state index in [1.165, 1.54) is 0 Å². The Morgan fingerprint density at radius 1 is 1.55 bits per heavy atom. The molecular formula is C15H20ClNO3. The number of rotatable bonds is 7. The first-order valence-corrected chi connectivity index (χ1v) is 7.37. The Morgan fingerprint density at radius 3 is 2.90 bits per heavy atom. The quantitative estimate of drug-likeness (QED) is 0.813. The van der Waals surface area contributed by atoms with Gasteiger partial charge in [0.25, 0.3) is 5.91 Å². The number of aliphatic hydroxyl groups excluding tert-OH is 1. The zero-order valence-corrected chi connectivity index (χ0v) is 12.3. The standard InChI is InChI=1S/C15H20ClNO3/c1-2-20-14-9-11(16)5-6-12(14)15(19)17-13(7-8-18)10-3-4-10/h5-6,9-10,13,18H,2-4,7-8H2,1H3,(H,17,19). The molecule has 1 aliphatic rings. The third-order valence-electron chi connectivity index (χ3n) is 3.44. The second kappa shape index (κ2) is 6.95. The summed E-state index contributed by atoms with van der Waals surface area (Å²) in [6.07, 6.45) is 2.82. The van der Waals surface area contributed by atoms with E-state index in [-0.39, 0.29) is 18.6 Å². The Labute approximate surface area is 124 Å². The molecule has 1 unspecified atom stereocenters. The lowest BCUT2D eigenvalue weighted by molar-refractivity contribution is 0.0920. The van der Waals surface area contributed by atoms with Gasteiger partial charge >= 0.3 is 0 Å². The van der Waals surface area contributed by atoms with Crippen LogP contribution >= 0.6 is 11.6 Å². The number of benzene rings is 1. The topological polar surface area (TPSA) is 58.6 Å². The lowest BCUT2D eigenvalue weighted by Gasteiger charge is -2.18. The van der Waals surface area contributed by atoms with Crippen LogP contribution in [-0.2, 0) is 0 Å². The van der Waals surface area contributed by atoms with E-state index in [2.05, 4.69) is 5.32 Å². The van der Waals surface area contributed by atoms with Crippen molar-refractivity contribution in [2.75, 3.05) is 13.2 Å². The van der Waals surface area contributed by atoms with Crippen LogP contribution in [0.3, 0.4) is 0 Å². The van der Waals surface area contributed by atoms with E-state index in [0.717, 1.165) is 12.8 Å². The number of hydrogen-bond donors (Lipinski definition) is 2. The van der Waals surface area contributed by atoms with Crippen molar-refractivity contribution in [1.29, 1.82) is 0 Å². The highest BCUT2D eigenvalue weighted by Crippen LogP contribution is 2.34. The molecule has 1 saturated carbocycles. The highest BCUT2D eigenvalue weighted by molar-refractivity contribution is 6.30. The average Bonchev–Trinajstić information content (AvgIpc) is 3.23. The lowest BCUT2D eigenvalue weighted by atomic mass is 10.1. The van der Waals surface area contributed by atoms with Crippen LogP contribution in [0, 0.1) is 5.92 Å². The van der Waals surface area contributed by atoms with Crippen LogP contribution in [-0.4, -0.2) is 30.3 Å². The Kier molecular flexibility index (Phi) is 5.26. The first-order chi connectivity index (χ1) is 9.65. The van der Waals surface area contributed by atoms with Gasteiger partial charge in [-0.3, -0.25) is 4.79 Å². The highest BCUT2D eigenvalue weighted by atomic mass is 35.5. The van der Waals surface area contributed by atoms with Gasteiger partial charge in [0.15, 0.2) is 0 Å². The van der Waals surface area contributed by atoms with Crippen LogP contribution in [0.5, 0.6) is 5.75 Å². The Bertz CT molecular complexity index is 474. The van der Waals surface area contributed by atoms with Crippen molar-refractivity contribution in [3.63, 3.8) is 0 Å². The van der Waals surface area contributed by atoms with E-state index in [1.807, 2.05) is 6.92 Å². The van der Waals surface area contributed by atoms with Gasteiger partial charge in [-0.1, -0.05) is 11.6 Å². The zero-order valence-electron chi connectivity index (χ0n) is 11.6. The molecule has 20 heavy (non-hydrogen) atoms. The maximum absolute atomic E-state index is 12.4. The molecule has 0 aliphatic heterocycles. The van der Waals surface area contributed by atoms with E-state index in [9.17, 15) is 4.79 Å². The van der Waals surface area contributed by atoms with Crippen molar-refractivity contribution < 1.29 is 14.6 Å². The van der Waals surface area contributed by atoms with Crippen molar-refractivity contribution >= 4 is 17.5 Å². The second-order valence-electron chi connectivity index (χ2n) is 5.00. The maximum atomic E-state index is 12.4. The number of aliphatic hydroxyl groups is 1. The predicted molar refractivity (Wildman–Crippen MR) is 78.3 cm³/mol. The number of carbonyl (C=O) groups excluding carboxylic acids is 1. The van der Waals surface area contributed by atoms with Crippen LogP contribution in [0.25, 0.3) is 0 Å². The van der Waals surface area contributed by atoms with Crippen molar-refractivity contribution in [1.82, 2.24) is 5.32 Å². The first kappa shape index (κ1) is 15.1. The van der Waals surface area contributed by atoms with Gasteiger partial charge in [0.2, 0.25) is 0 Å². The van der Waals surface area contributed by atoms with Gasteiger partial charge in [0.05, 0.1) is 12.2 Å². The van der Waals surface area contributed by atoms with Crippen LogP contribution in [0.2, 0.25) is 5.02 Å². The van der Waals surface area contributed by atoms with Crippen LogP contribution < -0.4 is 10.1 Å². The molecule has 0 saturated heterocycles. The minimum Gasteiger partial charge on any atom is -0.493 e. The monoisotopic (exact) mass is 297 g/mol. The summed E-state index contributed by atoms with van der Waals surface area (Å²) in [7, 11) is 0. The number of hydrogen-bond acceptors (Lipinski definition) is 3. The molecule has 0 spiro atoms. The molecule has 1 atom stereocenters. The number of halogens is 1. The molecule has 2 N–H and O–H groups in total. The summed E-state index contributed by atoms with van der Waals surface area (Å²) in [4.78, 5) is 12.4. The molecule has 0 aromatic heterocycles. The number of amides is 1. The Morgan fingerprint density at radius 2 is 2.30 bits per heavy atom. The van der Waals surface area contributed by atoms with Gasteiger partial charge in [-0.2, -0.15) is 0 Å². The first-order valence-electron chi connectivity index (χ1n) is 6.99. The van der Waals surface area contributed by atoms with Gasteiger partial charge < -0.3 is 15.2 Å². The van der Waals surface area contributed by atoms with Gasteiger partial charge in [0.1, 0.15) is 5.75 Å². The summed E-state index contributed by atoms with van der Waals surface area (Å²) in [5.74, 6) is 0.820. The summed E-state index contributed by atoms with van der Waals surface area (Å²) >= 11 is 5.93. The molecule has 0 bridgehead atoms. The minimum atomic E-state index is -0.171. The summed E-state index contributed by atoms with van der Waals surface area (Å²) in [5, 5.41) is 12.6. The maximum Gasteiger partial charge on any atom is 0.255 e. The molecule has 0 radical (unpaired) electrons. The summed E-state index contributed by atoms with van der Waals surface area (Å²) in [5.41, 5.74) is 0.486. The molecule has 110 valence electrons. The van der Waals surface area contributed by atoms with Crippen molar-refractivity contribution in [3.8, 4) is 5.75 Å². The fourth-order valence-corrected chi connectivity index (χ4v) is 2.43. The van der Waals surface area contributed by atoms with E-state index in [4.69, 9.17) is 21.4 Å². The van der Waals surface area contributed by atoms with Crippen LogP contribution in [0.1, 0.15) is 36.5 Å². The van der Waals surface area contributed by atoms with E-state index in [0.29, 0.717) is 35.3 Å². The predicted octanol–water partition coefficient (Wildman–Crippen LogP) is 2.63. The van der Waals surface area contributed by atoms with Gasteiger partial charge in [0, 0.05) is 17.7 Å². The Hall–Kier alpha value is -1.26. The molecule has 4 nitrogen and oxygen atoms in total. The molecular weight excluding hydrogens is 278 g/mol. The molecule has 1 aromatic carbocycles. The molecule has 5 heteroatoms. The van der Waals surface area contributed by atoms with Crippen LogP contribution in [0.4, 0.5) is 0 Å². The molecule has 1 aromatic rings. The van der Waals surface area contributed by atoms with Crippen molar-refractivity contribution in [2.45, 2.75) is 32.2 Å². The summed E-state index contributed by atoms with van der Waals surface area (Å²) in [6, 6.07) is 5.04. The fourth-order valence-electron chi connectivity index (χ4n) is 2.27. The fraction of sp³-hybridized carbons (Fsp3) is 0.533. The smallest absolute Gasteiger partial charge is 0.255 e. The zero-order chi connectivity index (χ0) is 14.5. The number of carbonyl (C=O) groups is 1. The summed E-state index contributed by atoms with van der Waals surface area (Å²) < 4.78 is 5.46. The minimum absolute atomic E-state index is 0.0395. The van der Waals surface area contributed by atoms with E-state index in [1.54, 1.807) is 18.2 Å². The molecule has 1 aliphatic carbocycles. The van der Waals surface area contributed by atoms with Crippen molar-refractivity contribution in [2.24, 2.45) is 5.92 Å². The molecule has 1 amide bonds. The molecule has 1 fully saturated rings.